The molecule has 2 N–H and O–H groups in total. The van der Waals surface area contributed by atoms with Gasteiger partial charge < -0.3 is 15.4 Å². The molecule has 6 heteroatoms. The maximum absolute atomic E-state index is 12.0. The van der Waals surface area contributed by atoms with Gasteiger partial charge in [0, 0.05) is 30.1 Å². The normalized spacial score (nSPS) is 18.2. The molecule has 1 aromatic rings. The molecular formula is C15H25N3O2S. The van der Waals surface area contributed by atoms with Gasteiger partial charge in [0.2, 0.25) is 0 Å². The minimum absolute atomic E-state index is 0.0384. The molecular weight excluding hydrogens is 286 g/mol. The summed E-state index contributed by atoms with van der Waals surface area (Å²) in [4.78, 5) is 15.5. The summed E-state index contributed by atoms with van der Waals surface area (Å²) in [5, 5.41) is 7.98. The molecule has 1 fully saturated rings. The number of nitrogens with zero attached hydrogens (tertiary/aromatic N) is 1. The van der Waals surface area contributed by atoms with E-state index in [9.17, 15) is 4.79 Å². The van der Waals surface area contributed by atoms with Crippen LogP contribution in [0.2, 0.25) is 0 Å². The molecule has 0 bridgehead atoms. The second kappa shape index (κ2) is 7.24. The second-order valence-corrected chi connectivity index (χ2v) is 6.96. The van der Waals surface area contributed by atoms with Crippen LogP contribution in [-0.4, -0.2) is 49.3 Å². The molecule has 5 nitrogen and oxygen atoms in total. The van der Waals surface area contributed by atoms with E-state index in [0.29, 0.717) is 6.54 Å². The fraction of sp³-hybridized carbons (Fsp3) is 0.667. The smallest absolute Gasteiger partial charge is 0.315 e. The van der Waals surface area contributed by atoms with Crippen molar-refractivity contribution in [2.45, 2.75) is 32.4 Å². The predicted molar refractivity (Wildman–Crippen MR) is 85.7 cm³/mol. The lowest BCUT2D eigenvalue weighted by atomic mass is 10.0. The quantitative estimate of drug-likeness (QED) is 0.877. The second-order valence-electron chi connectivity index (χ2n) is 5.98. The summed E-state index contributed by atoms with van der Waals surface area (Å²) in [5.41, 5.74) is -0.0622. The number of urea groups is 1. The number of amides is 2. The van der Waals surface area contributed by atoms with Crippen molar-refractivity contribution in [1.82, 2.24) is 15.5 Å². The van der Waals surface area contributed by atoms with Gasteiger partial charge in [-0.25, -0.2) is 4.79 Å². The highest BCUT2D eigenvalue weighted by atomic mass is 32.1. The summed E-state index contributed by atoms with van der Waals surface area (Å²) in [6.45, 7) is 10.3. The SMILES string of the molecule is C[C@@H](NC(=O)NCC(C)(C)N1CCOCC1)c1cccs1. The maximum Gasteiger partial charge on any atom is 0.315 e. The molecule has 1 aliphatic heterocycles. The Balaban J connectivity index is 1.77. The number of hydrogen-bond acceptors (Lipinski definition) is 4. The van der Waals surface area contributed by atoms with E-state index < -0.39 is 0 Å². The number of carbonyl (C=O) groups is 1. The molecule has 1 aliphatic rings. The average molecular weight is 311 g/mol. The van der Waals surface area contributed by atoms with Gasteiger partial charge in [-0.1, -0.05) is 6.07 Å². The van der Waals surface area contributed by atoms with Gasteiger partial charge in [-0.3, -0.25) is 4.90 Å². The van der Waals surface area contributed by atoms with Crippen LogP contribution in [-0.2, 0) is 4.74 Å². The molecule has 21 heavy (non-hydrogen) atoms. The number of hydrogen-bond donors (Lipinski definition) is 2. The zero-order valence-corrected chi connectivity index (χ0v) is 13.8. The highest BCUT2D eigenvalue weighted by molar-refractivity contribution is 7.10. The summed E-state index contributed by atoms with van der Waals surface area (Å²) in [5.74, 6) is 0. The van der Waals surface area contributed by atoms with Crippen LogP contribution in [0, 0.1) is 0 Å². The molecule has 0 saturated carbocycles. The van der Waals surface area contributed by atoms with Crippen LogP contribution in [0.15, 0.2) is 17.5 Å². The first-order chi connectivity index (χ1) is 9.99. The Kier molecular flexibility index (Phi) is 5.61. The van der Waals surface area contributed by atoms with Crippen molar-refractivity contribution in [1.29, 1.82) is 0 Å². The van der Waals surface area contributed by atoms with Crippen molar-refractivity contribution in [2.75, 3.05) is 32.8 Å². The van der Waals surface area contributed by atoms with Crippen molar-refractivity contribution in [3.05, 3.63) is 22.4 Å². The molecule has 1 aromatic heterocycles. The summed E-state index contributed by atoms with van der Waals surface area (Å²) >= 11 is 1.65. The highest BCUT2D eigenvalue weighted by Gasteiger charge is 2.28. The third kappa shape index (κ3) is 4.69. The average Bonchev–Trinajstić information content (AvgIpc) is 3.00. The summed E-state index contributed by atoms with van der Waals surface area (Å²) in [6, 6.07) is 3.96. The van der Waals surface area contributed by atoms with Crippen LogP contribution in [0.1, 0.15) is 31.7 Å². The van der Waals surface area contributed by atoms with Crippen LogP contribution >= 0.6 is 11.3 Å². The lowest BCUT2D eigenvalue weighted by molar-refractivity contribution is -0.00876. The zero-order valence-electron chi connectivity index (χ0n) is 13.0. The Bertz CT molecular complexity index is 442. The first-order valence-electron chi connectivity index (χ1n) is 7.39. The van der Waals surface area contributed by atoms with Gasteiger partial charge in [0.05, 0.1) is 19.3 Å². The van der Waals surface area contributed by atoms with Crippen molar-refractivity contribution in [3.8, 4) is 0 Å². The molecule has 1 atom stereocenters. The van der Waals surface area contributed by atoms with Crippen LogP contribution in [0.5, 0.6) is 0 Å². The Morgan fingerprint density at radius 1 is 1.48 bits per heavy atom. The molecule has 0 radical (unpaired) electrons. The van der Waals surface area contributed by atoms with Gasteiger partial charge in [-0.2, -0.15) is 0 Å². The highest BCUT2D eigenvalue weighted by Crippen LogP contribution is 2.18. The predicted octanol–water partition coefficient (Wildman–Crippen LogP) is 2.22. The van der Waals surface area contributed by atoms with Crippen LogP contribution < -0.4 is 10.6 Å². The van der Waals surface area contributed by atoms with Gasteiger partial charge in [0.25, 0.3) is 0 Å². The fourth-order valence-corrected chi connectivity index (χ4v) is 3.17. The van der Waals surface area contributed by atoms with Crippen LogP contribution in [0.3, 0.4) is 0 Å². The third-order valence-corrected chi connectivity index (χ3v) is 4.92. The van der Waals surface area contributed by atoms with Crippen molar-refractivity contribution < 1.29 is 9.53 Å². The molecule has 0 aliphatic carbocycles. The van der Waals surface area contributed by atoms with E-state index >= 15 is 0 Å². The Hall–Kier alpha value is -1.11. The van der Waals surface area contributed by atoms with Gasteiger partial charge in [-0.05, 0) is 32.2 Å². The Labute approximate surface area is 130 Å². The molecule has 118 valence electrons. The van der Waals surface area contributed by atoms with Crippen molar-refractivity contribution >= 4 is 17.4 Å². The Morgan fingerprint density at radius 3 is 2.81 bits per heavy atom. The van der Waals surface area contributed by atoms with Crippen molar-refractivity contribution in [3.63, 3.8) is 0 Å². The molecule has 0 unspecified atom stereocenters. The lowest BCUT2D eigenvalue weighted by Crippen LogP contribution is -2.56. The molecule has 0 aromatic carbocycles. The monoisotopic (exact) mass is 311 g/mol. The van der Waals surface area contributed by atoms with Crippen LogP contribution in [0.4, 0.5) is 4.79 Å². The van der Waals surface area contributed by atoms with E-state index in [2.05, 4.69) is 29.4 Å². The summed E-state index contributed by atoms with van der Waals surface area (Å²) in [7, 11) is 0. The summed E-state index contributed by atoms with van der Waals surface area (Å²) in [6.07, 6.45) is 0. The number of nitrogens with one attached hydrogen (secondary N) is 2. The van der Waals surface area contributed by atoms with Gasteiger partial charge in [-0.15, -0.1) is 11.3 Å². The van der Waals surface area contributed by atoms with E-state index in [0.717, 1.165) is 31.2 Å². The van der Waals surface area contributed by atoms with Gasteiger partial charge >= 0.3 is 6.03 Å². The topological polar surface area (TPSA) is 53.6 Å². The number of rotatable bonds is 5. The number of ether oxygens (including phenoxy) is 1. The van der Waals surface area contributed by atoms with Gasteiger partial charge in [0.1, 0.15) is 0 Å². The first-order valence-corrected chi connectivity index (χ1v) is 8.27. The lowest BCUT2D eigenvalue weighted by Gasteiger charge is -2.40. The van der Waals surface area contributed by atoms with Gasteiger partial charge in [0.15, 0.2) is 0 Å². The molecule has 0 spiro atoms. The third-order valence-electron chi connectivity index (χ3n) is 3.87. The standard InChI is InChI=1S/C15H25N3O2S/c1-12(13-5-4-10-21-13)17-14(19)16-11-15(2,3)18-6-8-20-9-7-18/h4-5,10,12H,6-9,11H2,1-3H3,(H2,16,17,19)/t12-/m1/s1. The fourth-order valence-electron chi connectivity index (χ4n) is 2.43. The van der Waals surface area contributed by atoms with E-state index in [1.54, 1.807) is 11.3 Å². The van der Waals surface area contributed by atoms with E-state index in [1.807, 2.05) is 24.4 Å². The molecule has 2 heterocycles. The van der Waals surface area contributed by atoms with E-state index in [1.165, 1.54) is 0 Å². The minimum Gasteiger partial charge on any atom is -0.379 e. The number of thiophene rings is 1. The van der Waals surface area contributed by atoms with Crippen molar-refractivity contribution in [2.24, 2.45) is 0 Å². The molecule has 2 rings (SSSR count). The van der Waals surface area contributed by atoms with E-state index in [-0.39, 0.29) is 17.6 Å². The molecule has 1 saturated heterocycles. The molecule has 2 amide bonds. The minimum atomic E-state index is -0.114. The first kappa shape index (κ1) is 16.3. The largest absolute Gasteiger partial charge is 0.379 e. The number of carbonyl (C=O) groups excluding carboxylic acids is 1. The summed E-state index contributed by atoms with van der Waals surface area (Å²) < 4.78 is 5.37. The Morgan fingerprint density at radius 2 is 2.19 bits per heavy atom. The van der Waals surface area contributed by atoms with E-state index in [4.69, 9.17) is 4.74 Å². The zero-order chi connectivity index (χ0) is 15.3. The number of morpholine rings is 1. The maximum atomic E-state index is 12.0. The van der Waals surface area contributed by atoms with Crippen LogP contribution in [0.25, 0.3) is 0 Å².